The molecule has 0 fully saturated rings. The average molecular weight is 561 g/mol. The highest BCUT2D eigenvalue weighted by atomic mass is 31.2. The Morgan fingerprint density at radius 1 is 0.649 bits per heavy atom. The molecule has 11 heteroatoms. The van der Waals surface area contributed by atoms with Gasteiger partial charge in [0.1, 0.15) is 5.60 Å². The second-order valence-electron chi connectivity index (χ2n) is 8.99. The first-order valence-corrected chi connectivity index (χ1v) is 14.8. The molecule has 1 atom stereocenters. The van der Waals surface area contributed by atoms with Crippen LogP contribution in [0.1, 0.15) is 68.6 Å². The standard InChI is InChI=1S/C26H38O4.H4O5P2/c1-2-3-4-5-6-7-9-12-22-15-17-24(18-16-22)26(30,23-13-10-8-11-14-23)25(19-27,20-28)21-29;1-6(2)5-7(3)4/h8,10-11,13-18,27-30H,2-7,9,12,19-21H2,1H3;1-4H. The number of unbranched alkanes of at least 4 members (excludes halogenated alkanes) is 6. The predicted molar refractivity (Wildman–Crippen MR) is 145 cm³/mol. The number of aryl methyl sites for hydroxylation is 1. The number of aliphatic hydroxyl groups is 4. The van der Waals surface area contributed by atoms with Gasteiger partial charge >= 0.3 is 17.2 Å². The number of rotatable bonds is 16. The number of benzene rings is 2. The molecule has 0 bridgehead atoms. The predicted octanol–water partition coefficient (Wildman–Crippen LogP) is 3.60. The van der Waals surface area contributed by atoms with Crippen molar-refractivity contribution in [3.63, 3.8) is 0 Å². The molecule has 8 N–H and O–H groups in total. The third kappa shape index (κ3) is 10.6. The molecule has 0 spiro atoms. The van der Waals surface area contributed by atoms with Crippen LogP contribution in [0, 0.1) is 5.41 Å². The summed E-state index contributed by atoms with van der Waals surface area (Å²) in [5.74, 6) is 0. The Hall–Kier alpha value is -1.06. The minimum absolute atomic E-state index is 0.530. The lowest BCUT2D eigenvalue weighted by atomic mass is 9.66. The average Bonchev–Trinajstić information content (AvgIpc) is 2.89. The van der Waals surface area contributed by atoms with Crippen molar-refractivity contribution in [1.29, 1.82) is 0 Å². The van der Waals surface area contributed by atoms with Gasteiger partial charge in [-0.2, -0.15) is 0 Å². The summed E-state index contributed by atoms with van der Waals surface area (Å²) in [5, 5.41) is 41.9. The molecule has 0 saturated carbocycles. The van der Waals surface area contributed by atoms with Gasteiger partial charge in [0.25, 0.3) is 0 Å². The quantitative estimate of drug-likeness (QED) is 0.113. The first kappa shape index (κ1) is 34.0. The van der Waals surface area contributed by atoms with E-state index < -0.39 is 48.0 Å². The number of hydrogen-bond donors (Lipinski definition) is 8. The Labute approximate surface area is 222 Å². The van der Waals surface area contributed by atoms with E-state index in [4.69, 9.17) is 19.6 Å². The summed E-state index contributed by atoms with van der Waals surface area (Å²) >= 11 is 0. The maximum absolute atomic E-state index is 11.8. The van der Waals surface area contributed by atoms with Crippen LogP contribution in [0.2, 0.25) is 0 Å². The summed E-state index contributed by atoms with van der Waals surface area (Å²) in [4.78, 5) is 31.3. The van der Waals surface area contributed by atoms with Crippen LogP contribution in [-0.4, -0.2) is 59.8 Å². The number of aliphatic hydroxyl groups excluding tert-OH is 3. The first-order chi connectivity index (χ1) is 17.7. The van der Waals surface area contributed by atoms with Gasteiger partial charge in [0, 0.05) is 0 Å². The zero-order chi connectivity index (χ0) is 27.7. The highest BCUT2D eigenvalue weighted by molar-refractivity contribution is 7.53. The minimum Gasteiger partial charge on any atom is -0.395 e. The van der Waals surface area contributed by atoms with Gasteiger partial charge in [-0.25, -0.2) is 4.31 Å². The molecule has 2 aromatic carbocycles. The smallest absolute Gasteiger partial charge is 0.334 e. The molecule has 0 heterocycles. The van der Waals surface area contributed by atoms with Crippen molar-refractivity contribution in [3.8, 4) is 0 Å². The molecule has 0 aliphatic carbocycles. The molecule has 2 aromatic rings. The van der Waals surface area contributed by atoms with Crippen molar-refractivity contribution in [3.05, 3.63) is 71.3 Å². The zero-order valence-electron chi connectivity index (χ0n) is 21.4. The van der Waals surface area contributed by atoms with E-state index in [2.05, 4.69) is 11.2 Å². The van der Waals surface area contributed by atoms with E-state index in [-0.39, 0.29) is 0 Å². The van der Waals surface area contributed by atoms with E-state index >= 15 is 0 Å². The topological polar surface area (TPSA) is 171 Å². The SMILES string of the molecule is CCCCCCCCCc1ccc(C(O)(c2ccccc2)C(CO)(CO)CO)cc1.OP(O)OP(O)O. The van der Waals surface area contributed by atoms with E-state index in [0.717, 1.165) is 12.8 Å². The van der Waals surface area contributed by atoms with Gasteiger partial charge in [-0.1, -0.05) is 100 Å². The third-order valence-electron chi connectivity index (χ3n) is 6.45. The fourth-order valence-corrected chi connectivity index (χ4v) is 4.74. The van der Waals surface area contributed by atoms with Crippen LogP contribution in [0.5, 0.6) is 0 Å². The summed E-state index contributed by atoms with van der Waals surface area (Å²) in [7, 11) is -5.22. The largest absolute Gasteiger partial charge is 0.395 e. The van der Waals surface area contributed by atoms with Crippen molar-refractivity contribution >= 4 is 17.2 Å². The van der Waals surface area contributed by atoms with Gasteiger partial charge in [0.15, 0.2) is 0 Å². The van der Waals surface area contributed by atoms with Crippen LogP contribution in [0.4, 0.5) is 0 Å². The Morgan fingerprint density at radius 3 is 1.54 bits per heavy atom. The van der Waals surface area contributed by atoms with Crippen LogP contribution >= 0.6 is 17.2 Å². The van der Waals surface area contributed by atoms with Crippen molar-refractivity contribution in [2.45, 2.75) is 63.9 Å². The Morgan fingerprint density at radius 2 is 1.11 bits per heavy atom. The maximum atomic E-state index is 11.8. The van der Waals surface area contributed by atoms with Crippen LogP contribution in [-0.2, 0) is 16.3 Å². The van der Waals surface area contributed by atoms with Crippen molar-refractivity contribution < 1.29 is 44.3 Å². The van der Waals surface area contributed by atoms with Gasteiger partial charge in [0.2, 0.25) is 0 Å². The maximum Gasteiger partial charge on any atom is 0.334 e. The molecule has 0 saturated heterocycles. The summed E-state index contributed by atoms with van der Waals surface area (Å²) in [5.41, 5.74) is -0.944. The van der Waals surface area contributed by atoms with Gasteiger partial charge in [-0.05, 0) is 29.5 Å². The van der Waals surface area contributed by atoms with Crippen molar-refractivity contribution in [2.75, 3.05) is 19.8 Å². The van der Waals surface area contributed by atoms with E-state index in [0.29, 0.717) is 11.1 Å². The lowest BCUT2D eigenvalue weighted by Crippen LogP contribution is -2.54. The highest BCUT2D eigenvalue weighted by Crippen LogP contribution is 2.45. The molecule has 1 unspecified atom stereocenters. The van der Waals surface area contributed by atoms with Crippen LogP contribution in [0.25, 0.3) is 0 Å². The van der Waals surface area contributed by atoms with Crippen molar-refractivity contribution in [2.24, 2.45) is 5.41 Å². The molecular formula is C26H42O9P2. The Kier molecular flexibility index (Phi) is 16.8. The summed E-state index contributed by atoms with van der Waals surface area (Å²) < 4.78 is 3.60. The highest BCUT2D eigenvalue weighted by Gasteiger charge is 2.52. The van der Waals surface area contributed by atoms with Gasteiger partial charge in [-0.15, -0.1) is 0 Å². The van der Waals surface area contributed by atoms with Gasteiger partial charge in [0.05, 0.1) is 25.2 Å². The Balaban J connectivity index is 0.000000856. The van der Waals surface area contributed by atoms with Gasteiger partial charge < -0.3 is 40.0 Å². The van der Waals surface area contributed by atoms with Gasteiger partial charge in [-0.3, -0.25) is 0 Å². The lowest BCUT2D eigenvalue weighted by molar-refractivity contribution is -0.136. The third-order valence-corrected chi connectivity index (χ3v) is 7.62. The molecule has 9 nitrogen and oxygen atoms in total. The molecule has 0 aliphatic heterocycles. The molecule has 37 heavy (non-hydrogen) atoms. The summed E-state index contributed by atoms with van der Waals surface area (Å²) in [6.07, 6.45) is 9.85. The van der Waals surface area contributed by atoms with E-state index in [1.165, 1.54) is 44.1 Å². The lowest BCUT2D eigenvalue weighted by Gasteiger charge is -2.45. The molecule has 0 amide bonds. The molecule has 210 valence electrons. The second kappa shape index (κ2) is 18.3. The molecule has 0 radical (unpaired) electrons. The van der Waals surface area contributed by atoms with Crippen LogP contribution < -0.4 is 0 Å². The van der Waals surface area contributed by atoms with E-state index in [9.17, 15) is 20.4 Å². The first-order valence-electron chi connectivity index (χ1n) is 12.4. The molecule has 2 rings (SSSR count). The van der Waals surface area contributed by atoms with Crippen LogP contribution in [0.3, 0.4) is 0 Å². The second-order valence-corrected chi connectivity index (χ2v) is 10.7. The van der Waals surface area contributed by atoms with E-state index in [1.807, 2.05) is 30.3 Å². The minimum atomic E-state index is -2.61. The molecule has 0 aliphatic rings. The van der Waals surface area contributed by atoms with Crippen molar-refractivity contribution in [1.82, 2.24) is 0 Å². The normalized spacial score (nSPS) is 13.4. The Bertz CT molecular complexity index is 819. The fraction of sp³-hybridized carbons (Fsp3) is 0.538. The summed E-state index contributed by atoms with van der Waals surface area (Å²) in [6.45, 7) is 0.579. The fourth-order valence-electron chi connectivity index (χ4n) is 4.22. The molecular weight excluding hydrogens is 518 g/mol. The zero-order valence-corrected chi connectivity index (χ0v) is 23.1. The van der Waals surface area contributed by atoms with Crippen LogP contribution in [0.15, 0.2) is 54.6 Å². The monoisotopic (exact) mass is 560 g/mol. The molecule has 0 aromatic heterocycles. The van der Waals surface area contributed by atoms with E-state index in [1.54, 1.807) is 24.3 Å². The number of hydrogen-bond acceptors (Lipinski definition) is 9. The summed E-state index contributed by atoms with van der Waals surface area (Å²) in [6, 6.07) is 16.6.